The molecule has 1 aromatic heterocycles. The van der Waals surface area contributed by atoms with Gasteiger partial charge in [0.1, 0.15) is 0 Å². The number of rotatable bonds is 2. The van der Waals surface area contributed by atoms with Crippen LogP contribution < -0.4 is 0 Å². The highest BCUT2D eigenvalue weighted by atomic mass is 35.5. The van der Waals surface area contributed by atoms with Gasteiger partial charge < -0.3 is 0 Å². The third-order valence-corrected chi connectivity index (χ3v) is 4.20. The molecule has 0 spiro atoms. The zero-order valence-corrected chi connectivity index (χ0v) is 12.0. The molecule has 1 saturated carbocycles. The van der Waals surface area contributed by atoms with E-state index in [0.29, 0.717) is 0 Å². The Balaban J connectivity index is 2.04. The van der Waals surface area contributed by atoms with Crippen molar-refractivity contribution in [2.45, 2.75) is 37.9 Å². The monoisotopic (exact) mass is 314 g/mol. The van der Waals surface area contributed by atoms with Crippen molar-refractivity contribution in [3.63, 3.8) is 0 Å². The van der Waals surface area contributed by atoms with E-state index in [-0.39, 0.29) is 22.3 Å². The normalized spacial score (nSPS) is 16.6. The second-order valence-electron chi connectivity index (χ2n) is 5.28. The van der Waals surface area contributed by atoms with Crippen LogP contribution in [0.4, 0.5) is 13.2 Å². The summed E-state index contributed by atoms with van der Waals surface area (Å²) in [4.78, 5) is 0. The Hall–Kier alpha value is -1.49. The predicted molar refractivity (Wildman–Crippen MR) is 75.2 cm³/mol. The lowest BCUT2D eigenvalue weighted by molar-refractivity contribution is -0.137. The Morgan fingerprint density at radius 2 is 1.86 bits per heavy atom. The van der Waals surface area contributed by atoms with Gasteiger partial charge in [0.2, 0.25) is 0 Å². The van der Waals surface area contributed by atoms with Gasteiger partial charge in [-0.15, -0.1) is 0 Å². The van der Waals surface area contributed by atoms with Gasteiger partial charge in [0.15, 0.2) is 0 Å². The number of alkyl halides is 3. The lowest BCUT2D eigenvalue weighted by Gasteiger charge is -2.13. The molecule has 1 aliphatic rings. The van der Waals surface area contributed by atoms with Crippen LogP contribution in [0.1, 0.15) is 37.3 Å². The maximum atomic E-state index is 13.1. The van der Waals surface area contributed by atoms with Gasteiger partial charge in [-0.3, -0.25) is 4.68 Å². The van der Waals surface area contributed by atoms with Crippen molar-refractivity contribution in [2.24, 2.45) is 0 Å². The molecular formula is C15H14ClF3N2. The number of nitrogens with zero attached hydrogens (tertiary/aromatic N) is 2. The highest BCUT2D eigenvalue weighted by Crippen LogP contribution is 2.40. The third-order valence-electron chi connectivity index (χ3n) is 3.88. The molecule has 1 heterocycles. The summed E-state index contributed by atoms with van der Waals surface area (Å²) in [5.41, 5.74) is -0.505. The van der Waals surface area contributed by atoms with Gasteiger partial charge >= 0.3 is 6.18 Å². The molecular weight excluding hydrogens is 301 g/mol. The van der Waals surface area contributed by atoms with Crippen LogP contribution in [-0.2, 0) is 6.18 Å². The number of hydrogen-bond acceptors (Lipinski definition) is 1. The van der Waals surface area contributed by atoms with E-state index in [4.69, 9.17) is 11.6 Å². The SMILES string of the molecule is FC(F)(F)c1cccc(Cl)c1-c1ccn(C2CCCC2)n1. The second kappa shape index (κ2) is 5.37. The van der Waals surface area contributed by atoms with Crippen LogP contribution in [0.25, 0.3) is 11.3 Å². The Bertz CT molecular complexity index is 643. The number of benzene rings is 1. The molecule has 6 heteroatoms. The topological polar surface area (TPSA) is 17.8 Å². The number of aromatic nitrogens is 2. The van der Waals surface area contributed by atoms with Crippen LogP contribution >= 0.6 is 11.6 Å². The van der Waals surface area contributed by atoms with E-state index in [1.807, 2.05) is 0 Å². The fourth-order valence-electron chi connectivity index (χ4n) is 2.86. The van der Waals surface area contributed by atoms with E-state index in [2.05, 4.69) is 5.10 Å². The van der Waals surface area contributed by atoms with Crippen molar-refractivity contribution < 1.29 is 13.2 Å². The van der Waals surface area contributed by atoms with E-state index < -0.39 is 11.7 Å². The molecule has 0 saturated heterocycles. The van der Waals surface area contributed by atoms with Crippen molar-refractivity contribution in [2.75, 3.05) is 0 Å². The first kappa shape index (κ1) is 14.4. The minimum absolute atomic E-state index is 0.0385. The Morgan fingerprint density at radius 3 is 2.52 bits per heavy atom. The summed E-state index contributed by atoms with van der Waals surface area (Å²) in [6.07, 6.45) is 1.62. The first-order valence-corrected chi connectivity index (χ1v) is 7.26. The third kappa shape index (κ3) is 2.79. The first-order chi connectivity index (χ1) is 9.97. The molecule has 2 aromatic rings. The Morgan fingerprint density at radius 1 is 1.14 bits per heavy atom. The van der Waals surface area contributed by atoms with Gasteiger partial charge in [-0.25, -0.2) is 0 Å². The molecule has 1 aromatic carbocycles. The molecule has 0 unspecified atom stereocenters. The summed E-state index contributed by atoms with van der Waals surface area (Å²) in [6, 6.07) is 5.70. The highest BCUT2D eigenvalue weighted by molar-refractivity contribution is 6.33. The fraction of sp³-hybridized carbons (Fsp3) is 0.400. The molecule has 0 N–H and O–H groups in total. The summed E-state index contributed by atoms with van der Waals surface area (Å²) >= 11 is 5.99. The molecule has 0 radical (unpaired) electrons. The van der Waals surface area contributed by atoms with E-state index in [1.165, 1.54) is 12.1 Å². The van der Waals surface area contributed by atoms with Gasteiger partial charge in [-0.05, 0) is 31.0 Å². The molecule has 1 fully saturated rings. The van der Waals surface area contributed by atoms with Crippen LogP contribution in [0.15, 0.2) is 30.5 Å². The van der Waals surface area contributed by atoms with Crippen molar-refractivity contribution in [3.8, 4) is 11.3 Å². The van der Waals surface area contributed by atoms with E-state index in [1.54, 1.807) is 16.9 Å². The number of halogens is 4. The van der Waals surface area contributed by atoms with Gasteiger partial charge in [-0.2, -0.15) is 18.3 Å². The van der Waals surface area contributed by atoms with Crippen molar-refractivity contribution in [1.29, 1.82) is 0 Å². The van der Waals surface area contributed by atoms with Gasteiger partial charge in [-0.1, -0.05) is 30.5 Å². The summed E-state index contributed by atoms with van der Waals surface area (Å²) in [6.45, 7) is 0. The average molecular weight is 315 g/mol. The minimum atomic E-state index is -4.45. The summed E-state index contributed by atoms with van der Waals surface area (Å²) in [5, 5.41) is 4.40. The van der Waals surface area contributed by atoms with Crippen LogP contribution in [0.3, 0.4) is 0 Å². The second-order valence-corrected chi connectivity index (χ2v) is 5.69. The van der Waals surface area contributed by atoms with Crippen molar-refractivity contribution in [1.82, 2.24) is 9.78 Å². The van der Waals surface area contributed by atoms with Gasteiger partial charge in [0, 0.05) is 11.8 Å². The smallest absolute Gasteiger partial charge is 0.269 e. The highest BCUT2D eigenvalue weighted by Gasteiger charge is 2.35. The minimum Gasteiger partial charge on any atom is -0.269 e. The zero-order chi connectivity index (χ0) is 15.0. The lowest BCUT2D eigenvalue weighted by Crippen LogP contribution is -2.09. The average Bonchev–Trinajstić information content (AvgIpc) is 3.08. The molecule has 0 aliphatic heterocycles. The molecule has 1 aliphatic carbocycles. The summed E-state index contributed by atoms with van der Waals surface area (Å²) < 4.78 is 41.2. The fourth-order valence-corrected chi connectivity index (χ4v) is 3.14. The standard InChI is InChI=1S/C15H14ClF3N2/c16-12-7-3-6-11(15(17,18)19)14(12)13-8-9-21(20-13)10-4-1-2-5-10/h3,6-10H,1-2,4-5H2. The van der Waals surface area contributed by atoms with Gasteiger partial charge in [0.05, 0.1) is 22.3 Å². The van der Waals surface area contributed by atoms with Crippen molar-refractivity contribution in [3.05, 3.63) is 41.0 Å². The van der Waals surface area contributed by atoms with Crippen LogP contribution in [-0.4, -0.2) is 9.78 Å². The molecule has 3 rings (SSSR count). The number of hydrogen-bond donors (Lipinski definition) is 0. The Labute approximate surface area is 125 Å². The van der Waals surface area contributed by atoms with E-state index in [9.17, 15) is 13.2 Å². The molecule has 0 atom stereocenters. The van der Waals surface area contributed by atoms with Gasteiger partial charge in [0.25, 0.3) is 0 Å². The van der Waals surface area contributed by atoms with Crippen molar-refractivity contribution >= 4 is 11.6 Å². The summed E-state index contributed by atoms with van der Waals surface area (Å²) in [7, 11) is 0. The van der Waals surface area contributed by atoms with E-state index >= 15 is 0 Å². The zero-order valence-electron chi connectivity index (χ0n) is 11.2. The predicted octanol–water partition coefficient (Wildman–Crippen LogP) is 5.34. The van der Waals surface area contributed by atoms with E-state index in [0.717, 1.165) is 31.7 Å². The maximum Gasteiger partial charge on any atom is 0.417 e. The lowest BCUT2D eigenvalue weighted by atomic mass is 10.0. The summed E-state index contributed by atoms with van der Waals surface area (Å²) in [5.74, 6) is 0. The maximum absolute atomic E-state index is 13.1. The quantitative estimate of drug-likeness (QED) is 0.732. The molecule has 112 valence electrons. The van der Waals surface area contributed by atoms with Crippen LogP contribution in [0.5, 0.6) is 0 Å². The Kier molecular flexibility index (Phi) is 3.69. The largest absolute Gasteiger partial charge is 0.417 e. The van der Waals surface area contributed by atoms with Crippen LogP contribution in [0.2, 0.25) is 5.02 Å². The van der Waals surface area contributed by atoms with Crippen LogP contribution in [0, 0.1) is 0 Å². The molecule has 21 heavy (non-hydrogen) atoms. The molecule has 0 bridgehead atoms. The molecule has 0 amide bonds. The molecule has 2 nitrogen and oxygen atoms in total. The first-order valence-electron chi connectivity index (χ1n) is 6.88.